The number of likely N-dealkylation sites (N-methyl/N-ethyl adjacent to an activating group) is 1. The van der Waals surface area contributed by atoms with Crippen LogP contribution in [0.5, 0.6) is 5.75 Å². The Kier molecular flexibility index (Phi) is 9.00. The van der Waals surface area contributed by atoms with E-state index in [9.17, 15) is 4.79 Å². The minimum absolute atomic E-state index is 0. The van der Waals surface area contributed by atoms with Gasteiger partial charge in [0.2, 0.25) is 5.91 Å². The SMILES string of the molecule is CNCC(=O)NCCOc1ccccc1C(C)C.Cl. The third-order valence-electron chi connectivity index (χ3n) is 2.56. The molecule has 1 aromatic carbocycles. The molecule has 0 bridgehead atoms. The second kappa shape index (κ2) is 9.64. The lowest BCUT2D eigenvalue weighted by atomic mass is 10.0. The highest BCUT2D eigenvalue weighted by atomic mass is 35.5. The molecule has 5 heteroatoms. The zero-order valence-electron chi connectivity index (χ0n) is 11.7. The fourth-order valence-electron chi connectivity index (χ4n) is 1.66. The Labute approximate surface area is 121 Å². The number of nitrogens with one attached hydrogen (secondary N) is 2. The van der Waals surface area contributed by atoms with E-state index < -0.39 is 0 Å². The van der Waals surface area contributed by atoms with Crippen LogP contribution in [0.2, 0.25) is 0 Å². The molecule has 1 rings (SSSR count). The van der Waals surface area contributed by atoms with Crippen molar-refractivity contribution < 1.29 is 9.53 Å². The maximum absolute atomic E-state index is 11.2. The number of halogens is 1. The highest BCUT2D eigenvalue weighted by Gasteiger charge is 2.06. The Morgan fingerprint density at radius 1 is 1.32 bits per heavy atom. The molecule has 0 unspecified atom stereocenters. The van der Waals surface area contributed by atoms with Crippen LogP contribution in [0, 0.1) is 0 Å². The fourth-order valence-corrected chi connectivity index (χ4v) is 1.66. The van der Waals surface area contributed by atoms with E-state index in [1.54, 1.807) is 7.05 Å². The average Bonchev–Trinajstić information content (AvgIpc) is 2.35. The molecule has 0 heterocycles. The van der Waals surface area contributed by atoms with Gasteiger partial charge < -0.3 is 15.4 Å². The molecule has 0 saturated heterocycles. The van der Waals surface area contributed by atoms with Crippen molar-refractivity contribution in [1.29, 1.82) is 0 Å². The van der Waals surface area contributed by atoms with Crippen molar-refractivity contribution in [2.24, 2.45) is 0 Å². The van der Waals surface area contributed by atoms with E-state index in [0.29, 0.717) is 25.6 Å². The maximum atomic E-state index is 11.2. The smallest absolute Gasteiger partial charge is 0.234 e. The van der Waals surface area contributed by atoms with E-state index in [2.05, 4.69) is 30.5 Å². The summed E-state index contributed by atoms with van der Waals surface area (Å²) in [5.41, 5.74) is 1.19. The summed E-state index contributed by atoms with van der Waals surface area (Å²) in [6, 6.07) is 8.00. The summed E-state index contributed by atoms with van der Waals surface area (Å²) in [4.78, 5) is 11.2. The van der Waals surface area contributed by atoms with E-state index in [-0.39, 0.29) is 18.3 Å². The third-order valence-corrected chi connectivity index (χ3v) is 2.56. The zero-order valence-corrected chi connectivity index (χ0v) is 12.5. The van der Waals surface area contributed by atoms with Crippen molar-refractivity contribution in [3.8, 4) is 5.75 Å². The molecule has 2 N–H and O–H groups in total. The van der Waals surface area contributed by atoms with Gasteiger partial charge in [0.1, 0.15) is 12.4 Å². The second-order valence-corrected chi connectivity index (χ2v) is 4.42. The summed E-state index contributed by atoms with van der Waals surface area (Å²) in [5, 5.41) is 5.57. The summed E-state index contributed by atoms with van der Waals surface area (Å²) in [7, 11) is 1.75. The predicted molar refractivity (Wildman–Crippen MR) is 80.2 cm³/mol. The van der Waals surface area contributed by atoms with Crippen LogP contribution in [-0.4, -0.2) is 32.7 Å². The lowest BCUT2D eigenvalue weighted by Crippen LogP contribution is -2.34. The molecule has 0 aliphatic rings. The lowest BCUT2D eigenvalue weighted by molar-refractivity contribution is -0.120. The maximum Gasteiger partial charge on any atom is 0.234 e. The molecule has 0 saturated carbocycles. The molecule has 0 fully saturated rings. The van der Waals surface area contributed by atoms with Gasteiger partial charge in [-0.2, -0.15) is 0 Å². The Hall–Kier alpha value is -1.26. The molecule has 0 aliphatic heterocycles. The molecule has 0 aromatic heterocycles. The van der Waals surface area contributed by atoms with Crippen molar-refractivity contribution in [2.45, 2.75) is 19.8 Å². The van der Waals surface area contributed by atoms with Crippen LogP contribution < -0.4 is 15.4 Å². The van der Waals surface area contributed by atoms with Gasteiger partial charge in [0, 0.05) is 0 Å². The number of benzene rings is 1. The molecule has 1 amide bonds. The first-order valence-electron chi connectivity index (χ1n) is 6.28. The van der Waals surface area contributed by atoms with Crippen LogP contribution in [0.1, 0.15) is 25.3 Å². The molecule has 19 heavy (non-hydrogen) atoms. The van der Waals surface area contributed by atoms with Gasteiger partial charge >= 0.3 is 0 Å². The van der Waals surface area contributed by atoms with Crippen LogP contribution in [0.15, 0.2) is 24.3 Å². The normalized spacial score (nSPS) is 9.89. The first-order valence-corrected chi connectivity index (χ1v) is 6.28. The summed E-state index contributed by atoms with van der Waals surface area (Å²) < 4.78 is 5.69. The van der Waals surface area contributed by atoms with Gasteiger partial charge in [0.05, 0.1) is 13.1 Å². The van der Waals surface area contributed by atoms with Crippen molar-refractivity contribution in [3.63, 3.8) is 0 Å². The topological polar surface area (TPSA) is 50.4 Å². The van der Waals surface area contributed by atoms with Gasteiger partial charge in [0.25, 0.3) is 0 Å². The zero-order chi connectivity index (χ0) is 13.4. The van der Waals surface area contributed by atoms with Crippen LogP contribution in [0.3, 0.4) is 0 Å². The van der Waals surface area contributed by atoms with Crippen molar-refractivity contribution in [1.82, 2.24) is 10.6 Å². The number of amides is 1. The Morgan fingerprint density at radius 2 is 2.00 bits per heavy atom. The van der Waals surface area contributed by atoms with E-state index in [1.807, 2.05) is 18.2 Å². The first-order chi connectivity index (χ1) is 8.65. The third kappa shape index (κ3) is 6.45. The van der Waals surface area contributed by atoms with Gasteiger partial charge in [-0.1, -0.05) is 32.0 Å². The monoisotopic (exact) mass is 286 g/mol. The predicted octanol–water partition coefficient (Wildman–Crippen LogP) is 1.95. The molecule has 0 radical (unpaired) electrons. The highest BCUT2D eigenvalue weighted by Crippen LogP contribution is 2.25. The van der Waals surface area contributed by atoms with E-state index >= 15 is 0 Å². The number of rotatable bonds is 7. The van der Waals surface area contributed by atoms with Crippen molar-refractivity contribution >= 4 is 18.3 Å². The Bertz CT molecular complexity index is 383. The van der Waals surface area contributed by atoms with Gasteiger partial charge in [0.15, 0.2) is 0 Å². The van der Waals surface area contributed by atoms with Crippen LogP contribution in [0.25, 0.3) is 0 Å². The molecule has 0 aliphatic carbocycles. The number of ether oxygens (including phenoxy) is 1. The van der Waals surface area contributed by atoms with Gasteiger partial charge in [-0.3, -0.25) is 4.79 Å². The number of carbonyl (C=O) groups excluding carboxylic acids is 1. The van der Waals surface area contributed by atoms with E-state index in [1.165, 1.54) is 5.56 Å². The van der Waals surface area contributed by atoms with Crippen LogP contribution in [-0.2, 0) is 4.79 Å². The number of para-hydroxylation sites is 1. The van der Waals surface area contributed by atoms with Crippen LogP contribution in [0.4, 0.5) is 0 Å². The fraction of sp³-hybridized carbons (Fsp3) is 0.500. The van der Waals surface area contributed by atoms with Gasteiger partial charge in [-0.05, 0) is 24.6 Å². The standard InChI is InChI=1S/C14H22N2O2.ClH/c1-11(2)12-6-4-5-7-13(12)18-9-8-16-14(17)10-15-3;/h4-7,11,15H,8-10H2,1-3H3,(H,16,17);1H. The molecule has 4 nitrogen and oxygen atoms in total. The minimum atomic E-state index is -0.0155. The second-order valence-electron chi connectivity index (χ2n) is 4.42. The minimum Gasteiger partial charge on any atom is -0.491 e. The van der Waals surface area contributed by atoms with Crippen molar-refractivity contribution in [2.75, 3.05) is 26.7 Å². The molecular weight excluding hydrogens is 264 g/mol. The molecule has 1 aromatic rings. The first kappa shape index (κ1) is 17.7. The van der Waals surface area contributed by atoms with E-state index in [4.69, 9.17) is 4.74 Å². The van der Waals surface area contributed by atoms with Crippen LogP contribution >= 0.6 is 12.4 Å². The average molecular weight is 287 g/mol. The van der Waals surface area contributed by atoms with Gasteiger partial charge in [-0.15, -0.1) is 12.4 Å². The van der Waals surface area contributed by atoms with E-state index in [0.717, 1.165) is 5.75 Å². The lowest BCUT2D eigenvalue weighted by Gasteiger charge is -2.14. The number of hydrogen-bond acceptors (Lipinski definition) is 3. The largest absolute Gasteiger partial charge is 0.491 e. The molecular formula is C14H23ClN2O2. The highest BCUT2D eigenvalue weighted by molar-refractivity contribution is 5.85. The number of carbonyl (C=O) groups is 1. The summed E-state index contributed by atoms with van der Waals surface area (Å²) in [6.45, 7) is 5.61. The summed E-state index contributed by atoms with van der Waals surface area (Å²) >= 11 is 0. The summed E-state index contributed by atoms with van der Waals surface area (Å²) in [6.07, 6.45) is 0. The molecule has 108 valence electrons. The van der Waals surface area contributed by atoms with Crippen molar-refractivity contribution in [3.05, 3.63) is 29.8 Å². The molecule has 0 spiro atoms. The Morgan fingerprint density at radius 3 is 2.63 bits per heavy atom. The quantitative estimate of drug-likeness (QED) is 0.753. The van der Waals surface area contributed by atoms with Gasteiger partial charge in [-0.25, -0.2) is 0 Å². The number of hydrogen-bond donors (Lipinski definition) is 2. The molecule has 0 atom stereocenters. The Balaban J connectivity index is 0.00000324. The summed E-state index contributed by atoms with van der Waals surface area (Å²) in [5.74, 6) is 1.31.